The number of aliphatic hydroxyl groups is 3. The lowest BCUT2D eigenvalue weighted by molar-refractivity contribution is -0.124. The molecule has 0 aliphatic rings. The molecule has 0 unspecified atom stereocenters. The average molecular weight is 610 g/mol. The molecule has 0 heterocycles. The van der Waals surface area contributed by atoms with Crippen LogP contribution in [0.5, 0.6) is 0 Å². The fourth-order valence-electron chi connectivity index (χ4n) is 5.86. The van der Waals surface area contributed by atoms with Crippen LogP contribution in [-0.2, 0) is 4.79 Å². The van der Waals surface area contributed by atoms with E-state index in [2.05, 4.69) is 31.3 Å². The molecular formula is C38H75NO4. The second-order valence-corrected chi connectivity index (χ2v) is 13.1. The minimum atomic E-state index is -1.13. The Morgan fingerprint density at radius 3 is 1.35 bits per heavy atom. The quantitative estimate of drug-likeness (QED) is 0.0432. The van der Waals surface area contributed by atoms with E-state index in [1.54, 1.807) is 0 Å². The molecule has 0 saturated heterocycles. The van der Waals surface area contributed by atoms with E-state index in [9.17, 15) is 20.1 Å². The lowest BCUT2D eigenvalue weighted by atomic mass is 9.99. The van der Waals surface area contributed by atoms with E-state index in [4.69, 9.17) is 0 Å². The summed E-state index contributed by atoms with van der Waals surface area (Å²) in [5.41, 5.74) is 0. The maximum absolute atomic E-state index is 12.4. The zero-order valence-corrected chi connectivity index (χ0v) is 28.8. The molecule has 0 rings (SSSR count). The fourth-order valence-corrected chi connectivity index (χ4v) is 5.86. The molecule has 0 bridgehead atoms. The predicted molar refractivity (Wildman–Crippen MR) is 185 cm³/mol. The summed E-state index contributed by atoms with van der Waals surface area (Å²) in [6.45, 7) is 4.16. The number of rotatable bonds is 34. The highest BCUT2D eigenvalue weighted by Gasteiger charge is 2.26. The van der Waals surface area contributed by atoms with Crippen molar-refractivity contribution in [3.63, 3.8) is 0 Å². The number of aliphatic hydroxyl groups excluding tert-OH is 3. The molecular weight excluding hydrogens is 534 g/mol. The standard InChI is InChI=1S/C38H75NO4/c1-3-5-7-9-11-13-15-17-18-19-20-21-23-25-27-29-31-33-37(42)39-35(34-40)38(43)36(41)32-30-28-26-24-22-16-14-12-10-8-6-4-2/h17-18,35-36,38,40-41,43H,3-16,19-34H2,1-2H3,(H,39,42)/b18-17+/t35-,36+,38-/m0/s1. The van der Waals surface area contributed by atoms with Crippen molar-refractivity contribution in [2.24, 2.45) is 0 Å². The molecule has 0 aromatic rings. The van der Waals surface area contributed by atoms with Crippen molar-refractivity contribution in [2.45, 2.75) is 218 Å². The summed E-state index contributed by atoms with van der Waals surface area (Å²) < 4.78 is 0. The maximum atomic E-state index is 12.4. The first-order valence-corrected chi connectivity index (χ1v) is 19.0. The number of nitrogens with one attached hydrogen (secondary N) is 1. The minimum absolute atomic E-state index is 0.150. The van der Waals surface area contributed by atoms with E-state index in [0.717, 1.165) is 38.5 Å². The Labute approximate surface area is 268 Å². The predicted octanol–water partition coefficient (Wildman–Crippen LogP) is 10.1. The summed E-state index contributed by atoms with van der Waals surface area (Å²) >= 11 is 0. The number of carbonyl (C=O) groups is 1. The number of allylic oxidation sites excluding steroid dienone is 2. The molecule has 1 amide bonds. The van der Waals surface area contributed by atoms with E-state index in [-0.39, 0.29) is 12.5 Å². The van der Waals surface area contributed by atoms with Crippen LogP contribution in [0.4, 0.5) is 0 Å². The van der Waals surface area contributed by atoms with E-state index < -0.39 is 18.2 Å². The van der Waals surface area contributed by atoms with Crippen LogP contribution in [0.1, 0.15) is 200 Å². The van der Waals surface area contributed by atoms with Gasteiger partial charge in [0.1, 0.15) is 6.10 Å². The average Bonchev–Trinajstić information content (AvgIpc) is 3.01. The van der Waals surface area contributed by atoms with Gasteiger partial charge in [-0.15, -0.1) is 0 Å². The van der Waals surface area contributed by atoms with Crippen molar-refractivity contribution in [1.29, 1.82) is 0 Å². The molecule has 43 heavy (non-hydrogen) atoms. The van der Waals surface area contributed by atoms with Gasteiger partial charge in [0.25, 0.3) is 0 Å². The molecule has 0 aromatic heterocycles. The van der Waals surface area contributed by atoms with Crippen LogP contribution < -0.4 is 5.32 Å². The lowest BCUT2D eigenvalue weighted by Gasteiger charge is -2.26. The van der Waals surface area contributed by atoms with Gasteiger partial charge in [-0.05, 0) is 38.5 Å². The topological polar surface area (TPSA) is 89.8 Å². The number of amides is 1. The van der Waals surface area contributed by atoms with Gasteiger partial charge in [0.2, 0.25) is 5.91 Å². The normalized spacial score (nSPS) is 13.9. The largest absolute Gasteiger partial charge is 0.394 e. The summed E-state index contributed by atoms with van der Waals surface area (Å²) in [7, 11) is 0. The van der Waals surface area contributed by atoms with Crippen LogP contribution >= 0.6 is 0 Å². The first-order chi connectivity index (χ1) is 21.1. The van der Waals surface area contributed by atoms with Gasteiger partial charge in [-0.1, -0.05) is 167 Å². The molecule has 0 spiro atoms. The molecule has 0 aliphatic carbocycles. The van der Waals surface area contributed by atoms with Crippen LogP contribution in [0.3, 0.4) is 0 Å². The van der Waals surface area contributed by atoms with E-state index >= 15 is 0 Å². The Hall–Kier alpha value is -0.910. The van der Waals surface area contributed by atoms with Crippen molar-refractivity contribution < 1.29 is 20.1 Å². The molecule has 0 fully saturated rings. The number of hydrogen-bond acceptors (Lipinski definition) is 4. The monoisotopic (exact) mass is 610 g/mol. The highest BCUT2D eigenvalue weighted by Crippen LogP contribution is 2.15. The van der Waals surface area contributed by atoms with Gasteiger partial charge < -0.3 is 20.6 Å². The zero-order valence-electron chi connectivity index (χ0n) is 28.8. The number of hydrogen-bond donors (Lipinski definition) is 4. The zero-order chi connectivity index (χ0) is 31.6. The summed E-state index contributed by atoms with van der Waals surface area (Å²) in [5, 5.41) is 33.3. The Bertz CT molecular complexity index is 596. The number of carbonyl (C=O) groups excluding carboxylic acids is 1. The van der Waals surface area contributed by atoms with Crippen LogP contribution in [0, 0.1) is 0 Å². The second kappa shape index (κ2) is 34.0. The van der Waals surface area contributed by atoms with Gasteiger partial charge in [-0.25, -0.2) is 0 Å². The summed E-state index contributed by atoms with van der Waals surface area (Å²) in [6, 6.07) is -0.806. The van der Waals surface area contributed by atoms with Crippen LogP contribution in [0.15, 0.2) is 12.2 Å². The molecule has 0 saturated carbocycles. The van der Waals surface area contributed by atoms with Gasteiger partial charge >= 0.3 is 0 Å². The molecule has 0 radical (unpaired) electrons. The maximum Gasteiger partial charge on any atom is 0.220 e. The first-order valence-electron chi connectivity index (χ1n) is 19.0. The minimum Gasteiger partial charge on any atom is -0.394 e. The molecule has 3 atom stereocenters. The van der Waals surface area contributed by atoms with Gasteiger partial charge in [0, 0.05) is 6.42 Å². The summed E-state index contributed by atoms with van der Waals surface area (Å²) in [5.74, 6) is -0.150. The molecule has 256 valence electrons. The third kappa shape index (κ3) is 29.6. The van der Waals surface area contributed by atoms with Crippen molar-refractivity contribution in [2.75, 3.05) is 6.61 Å². The number of unbranched alkanes of at least 4 members (excludes halogenated alkanes) is 24. The Balaban J connectivity index is 3.67. The van der Waals surface area contributed by atoms with E-state index in [0.29, 0.717) is 12.8 Å². The second-order valence-electron chi connectivity index (χ2n) is 13.1. The van der Waals surface area contributed by atoms with Gasteiger partial charge in [-0.3, -0.25) is 4.79 Å². The van der Waals surface area contributed by atoms with E-state index in [1.807, 2.05) is 0 Å². The SMILES string of the molecule is CCCCCCCC/C=C/CCCCCCCCCC(=O)N[C@@H](CO)[C@H](O)[C@H](O)CCCCCCCCCCCCCC. The molecule has 4 N–H and O–H groups in total. The van der Waals surface area contributed by atoms with E-state index in [1.165, 1.54) is 135 Å². The first kappa shape index (κ1) is 42.1. The van der Waals surface area contributed by atoms with Crippen molar-refractivity contribution in [3.05, 3.63) is 12.2 Å². The van der Waals surface area contributed by atoms with Crippen molar-refractivity contribution in [3.8, 4) is 0 Å². The lowest BCUT2D eigenvalue weighted by Crippen LogP contribution is -2.50. The highest BCUT2D eigenvalue weighted by atomic mass is 16.3. The van der Waals surface area contributed by atoms with Crippen molar-refractivity contribution >= 4 is 5.91 Å². The van der Waals surface area contributed by atoms with Gasteiger partial charge in [0.15, 0.2) is 0 Å². The summed E-state index contributed by atoms with van der Waals surface area (Å²) in [4.78, 5) is 12.4. The highest BCUT2D eigenvalue weighted by molar-refractivity contribution is 5.76. The van der Waals surface area contributed by atoms with Crippen molar-refractivity contribution in [1.82, 2.24) is 5.32 Å². The Kier molecular flexibility index (Phi) is 33.3. The third-order valence-corrected chi connectivity index (χ3v) is 8.87. The molecule has 0 aliphatic heterocycles. The molecule has 5 nitrogen and oxygen atoms in total. The van der Waals surface area contributed by atoms with Gasteiger partial charge in [0.05, 0.1) is 18.8 Å². The third-order valence-electron chi connectivity index (χ3n) is 8.87. The Morgan fingerprint density at radius 1 is 0.558 bits per heavy atom. The summed E-state index contributed by atoms with van der Waals surface area (Å²) in [6.07, 6.45) is 37.3. The van der Waals surface area contributed by atoms with Crippen LogP contribution in [-0.4, -0.2) is 46.1 Å². The molecule has 5 heteroatoms. The Morgan fingerprint density at radius 2 is 0.930 bits per heavy atom. The van der Waals surface area contributed by atoms with Crippen LogP contribution in [0.25, 0.3) is 0 Å². The molecule has 0 aromatic carbocycles. The van der Waals surface area contributed by atoms with Crippen LogP contribution in [0.2, 0.25) is 0 Å². The van der Waals surface area contributed by atoms with Gasteiger partial charge in [-0.2, -0.15) is 0 Å². The fraction of sp³-hybridized carbons (Fsp3) is 0.921. The smallest absolute Gasteiger partial charge is 0.220 e.